The van der Waals surface area contributed by atoms with E-state index in [1.165, 1.54) is 4.85 Å². The van der Waals surface area contributed by atoms with Gasteiger partial charge in [0.05, 0.1) is 12.3 Å². The Bertz CT molecular complexity index is 247. The van der Waals surface area contributed by atoms with Crippen LogP contribution in [0.3, 0.4) is 0 Å². The summed E-state index contributed by atoms with van der Waals surface area (Å²) in [5.74, 6) is 0. The monoisotopic (exact) mass is 171 g/mol. The molecule has 0 aliphatic heterocycles. The minimum absolute atomic E-state index is 0.489. The van der Waals surface area contributed by atoms with E-state index in [9.17, 15) is 0 Å². The third-order valence-corrected chi connectivity index (χ3v) is 1.54. The lowest BCUT2D eigenvalue weighted by molar-refractivity contribution is 0.0803. The number of ether oxygens (including phenoxy) is 1. The van der Waals surface area contributed by atoms with Gasteiger partial charge in [-0.3, -0.25) is 0 Å². The zero-order valence-corrected chi connectivity index (χ0v) is 7.57. The van der Waals surface area contributed by atoms with E-state index >= 15 is 0 Å². The Hall–Kier alpha value is -1.10. The molecular formula is C7H13N3O2. The van der Waals surface area contributed by atoms with Gasteiger partial charge in [0, 0.05) is 6.61 Å². The van der Waals surface area contributed by atoms with Crippen molar-refractivity contribution < 1.29 is 9.57 Å². The number of rotatable bonds is 4. The van der Waals surface area contributed by atoms with E-state index in [1.807, 2.05) is 13.8 Å². The Morgan fingerprint density at radius 2 is 2.25 bits per heavy atom. The first kappa shape index (κ1) is 8.99. The van der Waals surface area contributed by atoms with E-state index in [1.54, 1.807) is 7.11 Å². The van der Waals surface area contributed by atoms with E-state index < -0.39 is 0 Å². The average molecular weight is 171 g/mol. The van der Waals surface area contributed by atoms with Crippen molar-refractivity contribution in [3.63, 3.8) is 0 Å². The zero-order valence-electron chi connectivity index (χ0n) is 7.57. The maximum atomic E-state index is 5.22. The van der Waals surface area contributed by atoms with Crippen molar-refractivity contribution in [1.29, 1.82) is 0 Å². The van der Waals surface area contributed by atoms with Gasteiger partial charge in [0.25, 0.3) is 0 Å². The second-order valence-electron chi connectivity index (χ2n) is 2.31. The van der Waals surface area contributed by atoms with Gasteiger partial charge >= 0.3 is 0 Å². The summed E-state index contributed by atoms with van der Waals surface area (Å²) in [6, 6.07) is 0. The van der Waals surface area contributed by atoms with Crippen LogP contribution in [0.15, 0.2) is 0 Å². The fourth-order valence-corrected chi connectivity index (χ4v) is 0.863. The van der Waals surface area contributed by atoms with Crippen molar-refractivity contribution in [2.45, 2.75) is 20.5 Å². The molecule has 0 spiro atoms. The molecular weight excluding hydrogens is 158 g/mol. The van der Waals surface area contributed by atoms with Gasteiger partial charge in [-0.15, -0.1) is 5.10 Å². The summed E-state index contributed by atoms with van der Waals surface area (Å²) in [5, 5.41) is 7.60. The largest absolute Gasteiger partial charge is 0.399 e. The number of hydrogen-bond acceptors (Lipinski definition) is 4. The summed E-state index contributed by atoms with van der Waals surface area (Å²) in [6.45, 7) is 4.98. The number of nitrogens with zero attached hydrogens (tertiary/aromatic N) is 3. The van der Waals surface area contributed by atoms with Crippen molar-refractivity contribution in [2.75, 3.05) is 13.7 Å². The first-order chi connectivity index (χ1) is 5.79. The van der Waals surface area contributed by atoms with Gasteiger partial charge in [-0.1, -0.05) is 4.85 Å². The third kappa shape index (κ3) is 1.73. The predicted molar refractivity (Wildman–Crippen MR) is 42.6 cm³/mol. The second-order valence-corrected chi connectivity index (χ2v) is 2.31. The molecule has 0 amide bonds. The molecule has 1 rings (SSSR count). The summed E-state index contributed by atoms with van der Waals surface area (Å²) >= 11 is 0. The third-order valence-electron chi connectivity index (χ3n) is 1.54. The standard InChI is InChI=1S/C7H13N3O2/c1-4-12-5-7-6(2)8-9-10(7)11-3/h4-5H2,1-3H3. The van der Waals surface area contributed by atoms with Crippen LogP contribution in [0.2, 0.25) is 0 Å². The molecule has 0 saturated heterocycles. The zero-order chi connectivity index (χ0) is 8.97. The normalized spacial score (nSPS) is 10.2. The average Bonchev–Trinajstić information content (AvgIpc) is 2.43. The molecule has 5 heteroatoms. The fraction of sp³-hybridized carbons (Fsp3) is 0.714. The maximum Gasteiger partial charge on any atom is 0.129 e. The highest BCUT2D eigenvalue weighted by Crippen LogP contribution is 2.03. The molecule has 0 saturated carbocycles. The molecule has 0 unspecified atom stereocenters. The molecule has 0 bridgehead atoms. The van der Waals surface area contributed by atoms with Crippen molar-refractivity contribution in [1.82, 2.24) is 15.2 Å². The molecule has 68 valence electrons. The summed E-state index contributed by atoms with van der Waals surface area (Å²) in [6.07, 6.45) is 0. The molecule has 0 radical (unpaired) electrons. The smallest absolute Gasteiger partial charge is 0.129 e. The number of hydrogen-bond donors (Lipinski definition) is 0. The van der Waals surface area contributed by atoms with Gasteiger partial charge in [-0.25, -0.2) is 0 Å². The van der Waals surface area contributed by atoms with Gasteiger partial charge < -0.3 is 9.57 Å². The first-order valence-electron chi connectivity index (χ1n) is 3.83. The minimum Gasteiger partial charge on any atom is -0.399 e. The van der Waals surface area contributed by atoms with E-state index in [0.717, 1.165) is 11.4 Å². The minimum atomic E-state index is 0.489. The van der Waals surface area contributed by atoms with Crippen LogP contribution in [-0.4, -0.2) is 28.9 Å². The molecule has 0 fully saturated rings. The summed E-state index contributed by atoms with van der Waals surface area (Å²) in [5.41, 5.74) is 1.70. The Kier molecular flexibility index (Phi) is 3.04. The van der Waals surface area contributed by atoms with Gasteiger partial charge in [0.2, 0.25) is 0 Å². The van der Waals surface area contributed by atoms with Crippen molar-refractivity contribution in [3.8, 4) is 0 Å². The summed E-state index contributed by atoms with van der Waals surface area (Å²) in [7, 11) is 1.55. The van der Waals surface area contributed by atoms with Crippen molar-refractivity contribution in [2.24, 2.45) is 0 Å². The van der Waals surface area contributed by atoms with Gasteiger partial charge in [0.1, 0.15) is 12.8 Å². The molecule has 0 atom stereocenters. The molecule has 0 aromatic carbocycles. The fourth-order valence-electron chi connectivity index (χ4n) is 0.863. The van der Waals surface area contributed by atoms with Crippen LogP contribution in [0.5, 0.6) is 0 Å². The van der Waals surface area contributed by atoms with E-state index in [4.69, 9.17) is 9.57 Å². The topological polar surface area (TPSA) is 49.2 Å². The Balaban J connectivity index is 2.72. The van der Waals surface area contributed by atoms with E-state index in [0.29, 0.717) is 13.2 Å². The lowest BCUT2D eigenvalue weighted by Gasteiger charge is -2.03. The van der Waals surface area contributed by atoms with Crippen LogP contribution >= 0.6 is 0 Å². The summed E-state index contributed by atoms with van der Waals surface area (Å²) in [4.78, 5) is 6.29. The van der Waals surface area contributed by atoms with Gasteiger partial charge in [-0.2, -0.15) is 0 Å². The van der Waals surface area contributed by atoms with Crippen LogP contribution in [0.4, 0.5) is 0 Å². The van der Waals surface area contributed by atoms with E-state index in [2.05, 4.69) is 10.3 Å². The molecule has 1 aromatic heterocycles. The van der Waals surface area contributed by atoms with Crippen LogP contribution in [0, 0.1) is 6.92 Å². The molecule has 5 nitrogen and oxygen atoms in total. The predicted octanol–water partition coefficient (Wildman–Crippen LogP) is 0.181. The van der Waals surface area contributed by atoms with Gasteiger partial charge in [0.15, 0.2) is 0 Å². The molecule has 0 aliphatic rings. The number of aromatic nitrogens is 3. The molecule has 0 aliphatic carbocycles. The Morgan fingerprint density at radius 3 is 2.83 bits per heavy atom. The SMILES string of the molecule is CCOCc1c(C)nnn1OC. The lowest BCUT2D eigenvalue weighted by atomic mass is 10.4. The van der Waals surface area contributed by atoms with Crippen LogP contribution in [0.1, 0.15) is 18.3 Å². The highest BCUT2D eigenvalue weighted by Gasteiger charge is 2.08. The van der Waals surface area contributed by atoms with Gasteiger partial charge in [-0.05, 0) is 19.1 Å². The van der Waals surface area contributed by atoms with Crippen LogP contribution < -0.4 is 4.84 Å². The quantitative estimate of drug-likeness (QED) is 0.648. The molecule has 1 heterocycles. The molecule has 1 aromatic rings. The first-order valence-corrected chi connectivity index (χ1v) is 3.83. The Morgan fingerprint density at radius 1 is 1.50 bits per heavy atom. The van der Waals surface area contributed by atoms with Crippen molar-refractivity contribution >= 4 is 0 Å². The van der Waals surface area contributed by atoms with Crippen molar-refractivity contribution in [3.05, 3.63) is 11.4 Å². The maximum absolute atomic E-state index is 5.22. The molecule has 0 N–H and O–H groups in total. The van der Waals surface area contributed by atoms with Crippen LogP contribution in [0.25, 0.3) is 0 Å². The van der Waals surface area contributed by atoms with E-state index in [-0.39, 0.29) is 0 Å². The number of aryl methyl sites for hydroxylation is 1. The summed E-state index contributed by atoms with van der Waals surface area (Å²) < 4.78 is 5.22. The van der Waals surface area contributed by atoms with Crippen LogP contribution in [-0.2, 0) is 11.3 Å². The highest BCUT2D eigenvalue weighted by molar-refractivity contribution is 5.05. The second kappa shape index (κ2) is 4.06. The molecule has 12 heavy (non-hydrogen) atoms. The Labute approximate surface area is 71.2 Å². The lowest BCUT2D eigenvalue weighted by Crippen LogP contribution is -2.13. The highest BCUT2D eigenvalue weighted by atomic mass is 16.7.